The van der Waals surface area contributed by atoms with E-state index in [0.717, 1.165) is 35.6 Å². The monoisotopic (exact) mass is 556 g/mol. The van der Waals surface area contributed by atoms with E-state index in [1.165, 1.54) is 23.1 Å². The lowest BCUT2D eigenvalue weighted by Crippen LogP contribution is -2.45. The molecule has 0 amide bonds. The van der Waals surface area contributed by atoms with Crippen molar-refractivity contribution in [2.45, 2.75) is 43.4 Å². The number of ether oxygens (including phenoxy) is 1. The second kappa shape index (κ2) is 12.2. The molecule has 3 N–H and O–H groups in total. The maximum atomic E-state index is 13.7. The van der Waals surface area contributed by atoms with Crippen molar-refractivity contribution in [3.63, 3.8) is 0 Å². The molecule has 11 heteroatoms. The van der Waals surface area contributed by atoms with Crippen LogP contribution in [0.4, 0.5) is 8.78 Å². The first-order valence-electron chi connectivity index (χ1n) is 11.1. The normalized spacial score (nSPS) is 13.4. The number of esters is 1. The van der Waals surface area contributed by atoms with Gasteiger partial charge in [0, 0.05) is 36.8 Å². The molecule has 3 aromatic rings. The molecule has 0 aliphatic heterocycles. The second-order valence-electron chi connectivity index (χ2n) is 8.41. The van der Waals surface area contributed by atoms with Crippen LogP contribution in [0, 0.1) is 11.6 Å². The van der Waals surface area contributed by atoms with Gasteiger partial charge in [-0.2, -0.15) is 0 Å². The molecule has 0 saturated carbocycles. The zero-order valence-corrected chi connectivity index (χ0v) is 22.2. The Labute approximate surface area is 218 Å². The molecule has 1 aromatic heterocycles. The predicted molar refractivity (Wildman–Crippen MR) is 137 cm³/mol. The quantitative estimate of drug-likeness (QED) is 0.337. The molecule has 36 heavy (non-hydrogen) atoms. The molecule has 2 unspecified atom stereocenters. The highest BCUT2D eigenvalue weighted by Crippen LogP contribution is 2.32. The Morgan fingerprint density at radius 2 is 1.81 bits per heavy atom. The summed E-state index contributed by atoms with van der Waals surface area (Å²) in [5.41, 5.74) is 8.84. The Balaban J connectivity index is 1.78. The van der Waals surface area contributed by atoms with Gasteiger partial charge in [-0.25, -0.2) is 22.0 Å². The fraction of sp³-hybridized carbons (Fsp3) is 0.320. The van der Waals surface area contributed by atoms with Gasteiger partial charge in [-0.05, 0) is 41.7 Å². The van der Waals surface area contributed by atoms with Crippen LogP contribution in [-0.2, 0) is 34.0 Å². The molecule has 194 valence electrons. The summed E-state index contributed by atoms with van der Waals surface area (Å²) in [6.45, 7) is 2.67. The van der Waals surface area contributed by atoms with Gasteiger partial charge in [0.05, 0.1) is 9.92 Å². The predicted octanol–water partition coefficient (Wildman–Crippen LogP) is 4.53. The third-order valence-electron chi connectivity index (χ3n) is 5.49. The number of nitrogens with two attached hydrogens (primary N) is 1. The number of carbonyl (C=O) groups excluding carboxylic acids is 1. The molecular weight excluding hydrogens is 530 g/mol. The lowest BCUT2D eigenvalue weighted by molar-refractivity contribution is 0.0244. The van der Waals surface area contributed by atoms with Crippen molar-refractivity contribution in [1.29, 1.82) is 0 Å². The summed E-state index contributed by atoms with van der Waals surface area (Å²) in [4.78, 5) is 12.7. The van der Waals surface area contributed by atoms with Gasteiger partial charge in [0.15, 0.2) is 9.84 Å². The first-order chi connectivity index (χ1) is 17.0. The summed E-state index contributed by atoms with van der Waals surface area (Å²) in [5.74, 6) is -2.31. The summed E-state index contributed by atoms with van der Waals surface area (Å²) >= 11 is 7.00. The Bertz CT molecular complexity index is 1310. The molecule has 2 aromatic carbocycles. The van der Waals surface area contributed by atoms with Crippen molar-refractivity contribution >= 4 is 38.7 Å². The first kappa shape index (κ1) is 28.2. The minimum absolute atomic E-state index is 0.0341. The van der Waals surface area contributed by atoms with Crippen LogP contribution in [0.5, 0.6) is 0 Å². The Morgan fingerprint density at radius 1 is 1.14 bits per heavy atom. The highest BCUT2D eigenvalue weighted by molar-refractivity contribution is 7.91. The number of sulfone groups is 1. The number of hydrogen-bond acceptors (Lipinski definition) is 7. The third-order valence-corrected chi connectivity index (χ3v) is 8.34. The van der Waals surface area contributed by atoms with E-state index in [1.807, 2.05) is 18.2 Å². The first-order valence-corrected chi connectivity index (χ1v) is 14.3. The lowest BCUT2D eigenvalue weighted by Gasteiger charge is -2.25. The molecule has 0 spiro atoms. The van der Waals surface area contributed by atoms with Crippen molar-refractivity contribution in [2.75, 3.05) is 12.8 Å². The van der Waals surface area contributed by atoms with Crippen LogP contribution >= 0.6 is 22.9 Å². The summed E-state index contributed by atoms with van der Waals surface area (Å²) in [6.07, 6.45) is 1.01. The number of hydrogen-bond donors (Lipinski definition) is 2. The van der Waals surface area contributed by atoms with Gasteiger partial charge in [0.1, 0.15) is 22.6 Å². The largest absolute Gasteiger partial charge is 0.455 e. The molecule has 2 atom stereocenters. The number of rotatable bonds is 11. The molecule has 0 saturated heterocycles. The molecule has 0 fully saturated rings. The number of benzene rings is 2. The van der Waals surface area contributed by atoms with Crippen LogP contribution in [0.3, 0.4) is 0 Å². The van der Waals surface area contributed by atoms with Crippen LogP contribution in [0.15, 0.2) is 52.7 Å². The van der Waals surface area contributed by atoms with Crippen molar-refractivity contribution < 1.29 is 26.7 Å². The Kier molecular flexibility index (Phi) is 9.59. The maximum Gasteiger partial charge on any atom is 0.350 e. The highest BCUT2D eigenvalue weighted by atomic mass is 35.5. The minimum atomic E-state index is -3.63. The topological polar surface area (TPSA) is 98.5 Å². The number of thiophene rings is 1. The summed E-state index contributed by atoms with van der Waals surface area (Å²) in [7, 11) is -3.63. The van der Waals surface area contributed by atoms with Crippen LogP contribution < -0.4 is 11.1 Å². The highest BCUT2D eigenvalue weighted by Gasteiger charge is 2.28. The van der Waals surface area contributed by atoms with Gasteiger partial charge in [-0.1, -0.05) is 42.8 Å². The van der Waals surface area contributed by atoms with E-state index in [2.05, 4.69) is 18.3 Å². The van der Waals surface area contributed by atoms with Crippen molar-refractivity contribution in [1.82, 2.24) is 5.32 Å². The maximum absolute atomic E-state index is 13.7. The number of nitrogens with one attached hydrogen (secondary N) is 1. The van der Waals surface area contributed by atoms with E-state index in [-0.39, 0.29) is 27.8 Å². The summed E-state index contributed by atoms with van der Waals surface area (Å²) in [6, 6.07) is 10.3. The van der Waals surface area contributed by atoms with Crippen LogP contribution in [-0.4, -0.2) is 39.3 Å². The Morgan fingerprint density at radius 3 is 2.42 bits per heavy atom. The zero-order chi connectivity index (χ0) is 26.5. The van der Waals surface area contributed by atoms with Crippen molar-refractivity contribution in [3.8, 4) is 0 Å². The van der Waals surface area contributed by atoms with E-state index in [1.54, 1.807) is 0 Å². The Hall–Kier alpha value is -2.37. The van der Waals surface area contributed by atoms with E-state index < -0.39 is 39.6 Å². The molecule has 1 heterocycles. The number of halogens is 3. The third kappa shape index (κ3) is 7.57. The van der Waals surface area contributed by atoms with E-state index >= 15 is 0 Å². The van der Waals surface area contributed by atoms with Crippen LogP contribution in [0.2, 0.25) is 5.02 Å². The van der Waals surface area contributed by atoms with Crippen molar-refractivity contribution in [2.24, 2.45) is 5.73 Å². The average Bonchev–Trinajstić information content (AvgIpc) is 3.19. The fourth-order valence-electron chi connectivity index (χ4n) is 3.64. The SMILES string of the molecule is CCc1cccc(CNCC(OC(=O)c2scc(S(C)(=O)=O)c2Cl)C(N)Cc2cc(F)cc(F)c2)c1. The van der Waals surface area contributed by atoms with Gasteiger partial charge < -0.3 is 15.8 Å². The molecule has 0 aliphatic rings. The van der Waals surface area contributed by atoms with Crippen LogP contribution in [0.25, 0.3) is 0 Å². The van der Waals surface area contributed by atoms with Gasteiger partial charge in [-0.3, -0.25) is 0 Å². The van der Waals surface area contributed by atoms with Gasteiger partial charge in [0.25, 0.3) is 0 Å². The summed E-state index contributed by atoms with van der Waals surface area (Å²) in [5, 5.41) is 4.28. The molecule has 6 nitrogen and oxygen atoms in total. The molecule has 0 bridgehead atoms. The minimum Gasteiger partial charge on any atom is -0.455 e. The van der Waals surface area contributed by atoms with Crippen LogP contribution in [0.1, 0.15) is 33.3 Å². The molecule has 0 aliphatic carbocycles. The standard InChI is InChI=1S/C25H27ClF2N2O4S2/c1-3-15-5-4-6-16(7-15)12-30-13-21(20(29)10-17-8-18(27)11-19(28)9-17)34-25(31)24-23(26)22(14-35-24)36(2,32)33/h4-9,11,14,20-21,30H,3,10,12-13,29H2,1-2H3. The van der Waals surface area contributed by atoms with E-state index in [9.17, 15) is 22.0 Å². The van der Waals surface area contributed by atoms with Gasteiger partial charge in [0.2, 0.25) is 0 Å². The summed E-state index contributed by atoms with van der Waals surface area (Å²) < 4.78 is 56.7. The fourth-order valence-corrected chi connectivity index (χ4v) is 6.42. The van der Waals surface area contributed by atoms with Gasteiger partial charge >= 0.3 is 5.97 Å². The van der Waals surface area contributed by atoms with E-state index in [4.69, 9.17) is 22.1 Å². The van der Waals surface area contributed by atoms with E-state index in [0.29, 0.717) is 12.1 Å². The average molecular weight is 557 g/mol. The molecule has 3 rings (SSSR count). The lowest BCUT2D eigenvalue weighted by atomic mass is 10.0. The number of aryl methyl sites for hydroxylation is 1. The number of carbonyl (C=O) groups is 1. The smallest absolute Gasteiger partial charge is 0.350 e. The molecular formula is C25H27ClF2N2O4S2. The van der Waals surface area contributed by atoms with Gasteiger partial charge in [-0.15, -0.1) is 11.3 Å². The second-order valence-corrected chi connectivity index (χ2v) is 11.7. The molecule has 0 radical (unpaired) electrons. The zero-order valence-electron chi connectivity index (χ0n) is 19.8. The van der Waals surface area contributed by atoms with Crippen molar-refractivity contribution in [3.05, 3.63) is 86.1 Å².